The number of aromatic nitrogens is 2. The lowest BCUT2D eigenvalue weighted by molar-refractivity contribution is 0.330. The largest absolute Gasteiger partial charge is 0.495 e. The Morgan fingerprint density at radius 1 is 1.09 bits per heavy atom. The van der Waals surface area contributed by atoms with Gasteiger partial charge in [-0.05, 0) is 45.4 Å². The van der Waals surface area contributed by atoms with Crippen LogP contribution in [-0.2, 0) is 19.9 Å². The normalized spacial score (nSPS) is 12.3. The van der Waals surface area contributed by atoms with E-state index in [2.05, 4.69) is 9.71 Å². The van der Waals surface area contributed by atoms with Crippen molar-refractivity contribution >= 4 is 31.2 Å². The summed E-state index contributed by atoms with van der Waals surface area (Å²) in [4.78, 5) is 4.47. The van der Waals surface area contributed by atoms with E-state index in [0.29, 0.717) is 41.4 Å². The van der Waals surface area contributed by atoms with Crippen molar-refractivity contribution in [1.29, 1.82) is 0 Å². The number of imidazole rings is 1. The van der Waals surface area contributed by atoms with Crippen LogP contribution in [0.4, 0.5) is 5.69 Å². The monoisotopic (exact) mass is 495 g/mol. The Balaban J connectivity index is 2.19. The number of fused-ring (bicyclic) bond motifs is 1. The lowest BCUT2D eigenvalue weighted by Crippen LogP contribution is -2.17. The average molecular weight is 496 g/mol. The Morgan fingerprint density at radius 3 is 2.42 bits per heavy atom. The molecule has 2 aromatic heterocycles. The summed E-state index contributed by atoms with van der Waals surface area (Å²) in [5.41, 5.74) is 2.01. The first kappa shape index (κ1) is 24.8. The van der Waals surface area contributed by atoms with Crippen LogP contribution in [0.1, 0.15) is 34.1 Å². The Bertz CT molecular complexity index is 1360. The molecule has 0 saturated heterocycles. The third-order valence-corrected chi connectivity index (χ3v) is 8.67. The minimum Gasteiger partial charge on any atom is -0.495 e. The maximum absolute atomic E-state index is 13.0. The summed E-state index contributed by atoms with van der Waals surface area (Å²) in [5.74, 6) is 0.597. The molecule has 0 atom stereocenters. The Hall–Kier alpha value is -2.79. The fourth-order valence-corrected chi connectivity index (χ4v) is 5.66. The van der Waals surface area contributed by atoms with Crippen molar-refractivity contribution in [3.63, 3.8) is 0 Å². The number of rotatable bonds is 10. The Labute approximate surface area is 194 Å². The van der Waals surface area contributed by atoms with Gasteiger partial charge in [-0.3, -0.25) is 9.12 Å². The molecule has 9 nitrogen and oxygen atoms in total. The fraction of sp³-hybridized carbons (Fsp3) is 0.409. The van der Waals surface area contributed by atoms with Gasteiger partial charge in [0.2, 0.25) is 10.0 Å². The number of sulfone groups is 1. The summed E-state index contributed by atoms with van der Waals surface area (Å²) in [5, 5.41) is -0.637. The molecule has 180 valence electrons. The van der Waals surface area contributed by atoms with Crippen molar-refractivity contribution in [1.82, 2.24) is 9.38 Å². The molecule has 0 aliphatic heterocycles. The van der Waals surface area contributed by atoms with E-state index in [0.717, 1.165) is 0 Å². The number of nitrogens with zero attached hydrogens (tertiary/aromatic N) is 2. The van der Waals surface area contributed by atoms with Crippen LogP contribution in [0.2, 0.25) is 0 Å². The van der Waals surface area contributed by atoms with E-state index in [4.69, 9.17) is 9.47 Å². The van der Waals surface area contributed by atoms with Crippen molar-refractivity contribution in [2.75, 3.05) is 24.2 Å². The molecule has 0 bridgehead atoms. The summed E-state index contributed by atoms with van der Waals surface area (Å²) in [7, 11) is -5.72. The third kappa shape index (κ3) is 5.09. The molecule has 0 unspecified atom stereocenters. The van der Waals surface area contributed by atoms with Gasteiger partial charge in [0.1, 0.15) is 22.0 Å². The van der Waals surface area contributed by atoms with Gasteiger partial charge in [0.15, 0.2) is 9.84 Å². The number of pyridine rings is 1. The van der Waals surface area contributed by atoms with Crippen molar-refractivity contribution in [2.45, 2.75) is 44.3 Å². The first-order valence-electron chi connectivity index (χ1n) is 10.6. The highest BCUT2D eigenvalue weighted by atomic mass is 32.2. The predicted octanol–water partition coefficient (Wildman–Crippen LogP) is 3.74. The van der Waals surface area contributed by atoms with E-state index < -0.39 is 25.1 Å². The Morgan fingerprint density at radius 2 is 1.82 bits per heavy atom. The summed E-state index contributed by atoms with van der Waals surface area (Å²) in [6, 6.07) is 6.64. The van der Waals surface area contributed by atoms with E-state index >= 15 is 0 Å². The van der Waals surface area contributed by atoms with Crippen LogP contribution < -0.4 is 14.2 Å². The molecule has 0 aliphatic carbocycles. The molecule has 0 amide bonds. The molecule has 2 heterocycles. The van der Waals surface area contributed by atoms with Crippen LogP contribution >= 0.6 is 0 Å². The zero-order valence-electron chi connectivity index (χ0n) is 19.3. The number of anilines is 1. The number of methoxy groups -OCH3 is 1. The Kier molecular flexibility index (Phi) is 7.23. The molecule has 3 rings (SSSR count). The SMILES string of the molecule is CCCS(=O)(=O)Nc1cc(-c2cnc3cc(OCC)c(S(=O)(=O)C(C)C)cn23)ccc1OC. The number of sulfonamides is 1. The molecule has 0 spiro atoms. The molecule has 0 saturated carbocycles. The lowest BCUT2D eigenvalue weighted by Gasteiger charge is -2.15. The fourth-order valence-electron chi connectivity index (χ4n) is 3.37. The predicted molar refractivity (Wildman–Crippen MR) is 128 cm³/mol. The molecule has 1 N–H and O–H groups in total. The average Bonchev–Trinajstić information content (AvgIpc) is 3.15. The molecule has 0 fully saturated rings. The topological polar surface area (TPSA) is 116 Å². The van der Waals surface area contributed by atoms with Crippen molar-refractivity contribution in [2.24, 2.45) is 0 Å². The molecule has 11 heteroatoms. The van der Waals surface area contributed by atoms with Crippen LogP contribution in [0, 0.1) is 0 Å². The third-order valence-electron chi connectivity index (χ3n) is 5.04. The van der Waals surface area contributed by atoms with Crippen molar-refractivity contribution < 1.29 is 26.3 Å². The second kappa shape index (κ2) is 9.60. The minimum absolute atomic E-state index is 0.0212. The molecule has 3 aromatic rings. The molecule has 1 aromatic carbocycles. The van der Waals surface area contributed by atoms with Crippen molar-refractivity contribution in [3.8, 4) is 22.8 Å². The highest BCUT2D eigenvalue weighted by Gasteiger charge is 2.26. The van der Waals surface area contributed by atoms with Crippen LogP contribution in [0.3, 0.4) is 0 Å². The second-order valence-corrected chi connectivity index (χ2v) is 12.1. The summed E-state index contributed by atoms with van der Waals surface area (Å²) >= 11 is 0. The van der Waals surface area contributed by atoms with Gasteiger partial charge in [0.25, 0.3) is 0 Å². The minimum atomic E-state index is -3.63. The van der Waals surface area contributed by atoms with Crippen LogP contribution in [-0.4, -0.2) is 50.9 Å². The van der Waals surface area contributed by atoms with Crippen LogP contribution in [0.25, 0.3) is 16.9 Å². The molecular weight excluding hydrogens is 466 g/mol. The molecule has 33 heavy (non-hydrogen) atoms. The number of benzene rings is 1. The van der Waals surface area contributed by atoms with Gasteiger partial charge >= 0.3 is 0 Å². The highest BCUT2D eigenvalue weighted by Crippen LogP contribution is 2.34. The number of nitrogens with one attached hydrogen (secondary N) is 1. The number of ether oxygens (including phenoxy) is 2. The number of hydrogen-bond acceptors (Lipinski definition) is 7. The molecule has 0 aliphatic rings. The van der Waals surface area contributed by atoms with Gasteiger partial charge in [-0.25, -0.2) is 21.8 Å². The standard InChI is InChI=1S/C22H29N3O6S2/c1-6-10-32(26,27)24-17-11-16(8-9-19(17)30-5)18-13-23-22-12-20(31-7-2)21(14-25(18)22)33(28,29)15(3)4/h8-9,11-15,24H,6-7,10H2,1-5H3. The zero-order valence-corrected chi connectivity index (χ0v) is 21.0. The first-order chi connectivity index (χ1) is 15.5. The first-order valence-corrected chi connectivity index (χ1v) is 13.8. The van der Waals surface area contributed by atoms with E-state index in [1.54, 1.807) is 62.6 Å². The molecular formula is C22H29N3O6S2. The molecule has 0 radical (unpaired) electrons. The maximum Gasteiger partial charge on any atom is 0.232 e. The van der Waals surface area contributed by atoms with E-state index in [1.807, 2.05) is 0 Å². The van der Waals surface area contributed by atoms with E-state index in [9.17, 15) is 16.8 Å². The van der Waals surface area contributed by atoms with Gasteiger partial charge in [0, 0.05) is 17.8 Å². The quantitative estimate of drug-likeness (QED) is 0.455. The van der Waals surface area contributed by atoms with Gasteiger partial charge in [0.05, 0.1) is 42.3 Å². The smallest absolute Gasteiger partial charge is 0.232 e. The van der Waals surface area contributed by atoms with Gasteiger partial charge in [-0.2, -0.15) is 0 Å². The highest BCUT2D eigenvalue weighted by molar-refractivity contribution is 7.92. The van der Waals surface area contributed by atoms with Gasteiger partial charge in [-0.15, -0.1) is 0 Å². The maximum atomic E-state index is 13.0. The van der Waals surface area contributed by atoms with Crippen LogP contribution in [0.5, 0.6) is 11.5 Å². The van der Waals surface area contributed by atoms with Crippen LogP contribution in [0.15, 0.2) is 41.6 Å². The number of hydrogen-bond donors (Lipinski definition) is 1. The van der Waals surface area contributed by atoms with Gasteiger partial charge < -0.3 is 9.47 Å². The van der Waals surface area contributed by atoms with E-state index in [1.165, 1.54) is 13.3 Å². The zero-order chi connectivity index (χ0) is 24.4. The van der Waals surface area contributed by atoms with Gasteiger partial charge in [-0.1, -0.05) is 6.92 Å². The van der Waals surface area contributed by atoms with Crippen molar-refractivity contribution in [3.05, 3.63) is 36.7 Å². The lowest BCUT2D eigenvalue weighted by atomic mass is 10.1. The summed E-state index contributed by atoms with van der Waals surface area (Å²) in [6.07, 6.45) is 3.58. The summed E-state index contributed by atoms with van der Waals surface area (Å²) < 4.78 is 65.8. The summed E-state index contributed by atoms with van der Waals surface area (Å²) in [6.45, 7) is 7.10. The second-order valence-electron chi connectivity index (χ2n) is 7.74. The van der Waals surface area contributed by atoms with E-state index in [-0.39, 0.29) is 16.4 Å².